The molecule has 0 spiro atoms. The van der Waals surface area contributed by atoms with E-state index in [2.05, 4.69) is 15.6 Å². The number of carbonyl (C=O) groups is 2. The first-order chi connectivity index (χ1) is 9.50. The number of nitrogens with one attached hydrogen (secondary N) is 2. The van der Waals surface area contributed by atoms with Crippen molar-refractivity contribution < 1.29 is 19.8 Å². The van der Waals surface area contributed by atoms with Crippen LogP contribution in [0.25, 0.3) is 0 Å². The summed E-state index contributed by atoms with van der Waals surface area (Å²) >= 11 is 0. The van der Waals surface area contributed by atoms with Gasteiger partial charge in [-0.15, -0.1) is 0 Å². The number of amides is 2. The van der Waals surface area contributed by atoms with Gasteiger partial charge in [0.1, 0.15) is 0 Å². The molecule has 112 valence electrons. The normalized spacial score (nSPS) is 13.5. The highest BCUT2D eigenvalue weighted by molar-refractivity contribution is 5.82. The van der Waals surface area contributed by atoms with Crippen LogP contribution in [0.3, 0.4) is 0 Å². The second-order valence-corrected chi connectivity index (χ2v) is 4.46. The van der Waals surface area contributed by atoms with Gasteiger partial charge in [0.05, 0.1) is 12.4 Å². The zero-order valence-corrected chi connectivity index (χ0v) is 11.3. The fourth-order valence-corrected chi connectivity index (χ4v) is 1.62. The van der Waals surface area contributed by atoms with E-state index in [0.29, 0.717) is 6.54 Å². The molecule has 2 atom stereocenters. The fraction of sp³-hybridized carbons (Fsp3) is 0.583. The molecule has 2 amide bonds. The minimum Gasteiger partial charge on any atom is -0.480 e. The summed E-state index contributed by atoms with van der Waals surface area (Å²) in [6, 6.07) is -1.90. The molecular weight excluding hydrogens is 264 g/mol. The van der Waals surface area contributed by atoms with Crippen LogP contribution < -0.4 is 10.6 Å². The summed E-state index contributed by atoms with van der Waals surface area (Å²) in [7, 11) is 0. The van der Waals surface area contributed by atoms with Crippen LogP contribution in [-0.2, 0) is 11.3 Å². The summed E-state index contributed by atoms with van der Waals surface area (Å²) < 4.78 is 1.94. The number of aryl methyl sites for hydroxylation is 1. The lowest BCUT2D eigenvalue weighted by Gasteiger charge is -2.17. The number of nitrogens with zero attached hydrogens (tertiary/aromatic N) is 2. The van der Waals surface area contributed by atoms with Gasteiger partial charge in [-0.1, -0.05) is 0 Å². The van der Waals surface area contributed by atoms with Crippen molar-refractivity contribution in [3.8, 4) is 0 Å². The van der Waals surface area contributed by atoms with E-state index in [9.17, 15) is 14.7 Å². The summed E-state index contributed by atoms with van der Waals surface area (Å²) in [5.74, 6) is -1.27. The lowest BCUT2D eigenvalue weighted by atomic mass is 10.2. The fourth-order valence-electron chi connectivity index (χ4n) is 1.62. The highest BCUT2D eigenvalue weighted by atomic mass is 16.4. The van der Waals surface area contributed by atoms with Crippen molar-refractivity contribution in [2.45, 2.75) is 38.5 Å². The van der Waals surface area contributed by atoms with Gasteiger partial charge in [-0.3, -0.25) is 0 Å². The predicted octanol–water partition coefficient (Wildman–Crippen LogP) is -0.204. The van der Waals surface area contributed by atoms with Crippen LogP contribution in [0.15, 0.2) is 18.7 Å². The third-order valence-electron chi connectivity index (χ3n) is 2.72. The average Bonchev–Trinajstić information content (AvgIpc) is 2.88. The Morgan fingerprint density at radius 1 is 1.40 bits per heavy atom. The molecule has 8 nitrogen and oxygen atoms in total. The maximum Gasteiger partial charge on any atom is 0.328 e. The number of carboxylic acid groups (broad SMARTS) is 1. The summed E-state index contributed by atoms with van der Waals surface area (Å²) in [5.41, 5.74) is 0. The van der Waals surface area contributed by atoms with E-state index in [1.54, 1.807) is 12.5 Å². The molecule has 0 radical (unpaired) electrons. The van der Waals surface area contributed by atoms with Crippen molar-refractivity contribution in [1.29, 1.82) is 0 Å². The molecule has 1 heterocycles. The molecule has 0 fully saturated rings. The Labute approximate surface area is 116 Å². The first kappa shape index (κ1) is 16.0. The van der Waals surface area contributed by atoms with Crippen LogP contribution in [0, 0.1) is 0 Å². The molecule has 4 N–H and O–H groups in total. The number of carbonyl (C=O) groups excluding carboxylic acids is 1. The van der Waals surface area contributed by atoms with Crippen molar-refractivity contribution in [1.82, 2.24) is 20.2 Å². The van der Waals surface area contributed by atoms with Gasteiger partial charge in [0.2, 0.25) is 0 Å². The zero-order chi connectivity index (χ0) is 15.0. The number of rotatable bonds is 8. The molecule has 1 aromatic heterocycles. The van der Waals surface area contributed by atoms with E-state index in [1.807, 2.05) is 10.8 Å². The zero-order valence-electron chi connectivity index (χ0n) is 11.3. The number of imidazole rings is 1. The Morgan fingerprint density at radius 3 is 2.70 bits per heavy atom. The third-order valence-corrected chi connectivity index (χ3v) is 2.72. The van der Waals surface area contributed by atoms with E-state index >= 15 is 0 Å². The second kappa shape index (κ2) is 8.16. The van der Waals surface area contributed by atoms with Crippen molar-refractivity contribution in [2.24, 2.45) is 0 Å². The summed E-state index contributed by atoms with van der Waals surface area (Å²) in [5, 5.41) is 22.8. The van der Waals surface area contributed by atoms with Crippen LogP contribution in [-0.4, -0.2) is 50.5 Å². The molecule has 0 aliphatic rings. The van der Waals surface area contributed by atoms with Crippen LogP contribution in [0.4, 0.5) is 4.79 Å². The summed E-state index contributed by atoms with van der Waals surface area (Å²) in [6.45, 7) is 2.56. The molecule has 1 aromatic rings. The molecular formula is C12H20N4O4. The van der Waals surface area contributed by atoms with Gasteiger partial charge >= 0.3 is 12.0 Å². The van der Waals surface area contributed by atoms with Gasteiger partial charge in [0, 0.05) is 25.5 Å². The Kier molecular flexibility index (Phi) is 6.51. The molecule has 8 heteroatoms. The second-order valence-electron chi connectivity index (χ2n) is 4.46. The highest BCUT2D eigenvalue weighted by Crippen LogP contribution is 1.95. The molecule has 20 heavy (non-hydrogen) atoms. The van der Waals surface area contributed by atoms with E-state index in [-0.39, 0.29) is 0 Å². The lowest BCUT2D eigenvalue weighted by molar-refractivity contribution is -0.141. The Balaban J connectivity index is 2.14. The minimum absolute atomic E-state index is 0.437. The number of aliphatic hydroxyl groups excluding tert-OH is 1. The molecule has 2 unspecified atom stereocenters. The van der Waals surface area contributed by atoms with Gasteiger partial charge in [0.25, 0.3) is 0 Å². The van der Waals surface area contributed by atoms with Gasteiger partial charge in [-0.05, 0) is 19.8 Å². The lowest BCUT2D eigenvalue weighted by Crippen LogP contribution is -2.51. The summed E-state index contributed by atoms with van der Waals surface area (Å²) in [4.78, 5) is 26.1. The summed E-state index contributed by atoms with van der Waals surface area (Å²) in [6.07, 6.45) is 5.77. The number of unbranched alkanes of at least 4 members (excludes halogenated alkanes) is 1. The smallest absolute Gasteiger partial charge is 0.328 e. The standard InChI is InChI=1S/C12H20N4O4/c1-9(17)10(11(18)19)15-12(20)14-4-2-3-6-16-7-5-13-8-16/h5,7-10,17H,2-4,6H2,1H3,(H,18,19)(H2,14,15,20). The first-order valence-corrected chi connectivity index (χ1v) is 6.41. The SMILES string of the molecule is CC(O)C(NC(=O)NCCCCn1ccnc1)C(=O)O. The number of carboxylic acids is 1. The Bertz CT molecular complexity index is 419. The first-order valence-electron chi connectivity index (χ1n) is 6.41. The van der Waals surface area contributed by atoms with Gasteiger partial charge in [0.15, 0.2) is 6.04 Å². The monoisotopic (exact) mass is 284 g/mol. The molecule has 0 bridgehead atoms. The van der Waals surface area contributed by atoms with Crippen LogP contribution in [0.1, 0.15) is 19.8 Å². The third kappa shape index (κ3) is 5.70. The number of aliphatic carboxylic acids is 1. The van der Waals surface area contributed by atoms with E-state index in [4.69, 9.17) is 5.11 Å². The van der Waals surface area contributed by atoms with Crippen molar-refractivity contribution >= 4 is 12.0 Å². The molecule has 0 aliphatic heterocycles. The molecule has 0 saturated carbocycles. The van der Waals surface area contributed by atoms with E-state index < -0.39 is 24.1 Å². The van der Waals surface area contributed by atoms with E-state index in [1.165, 1.54) is 6.92 Å². The topological polar surface area (TPSA) is 116 Å². The number of aliphatic hydroxyl groups is 1. The highest BCUT2D eigenvalue weighted by Gasteiger charge is 2.24. The molecule has 0 aliphatic carbocycles. The van der Waals surface area contributed by atoms with Gasteiger partial charge in [-0.25, -0.2) is 14.6 Å². The maximum atomic E-state index is 11.4. The molecule has 1 rings (SSSR count). The van der Waals surface area contributed by atoms with Crippen LogP contribution in [0.2, 0.25) is 0 Å². The van der Waals surface area contributed by atoms with Gasteiger partial charge < -0.3 is 25.4 Å². The van der Waals surface area contributed by atoms with Gasteiger partial charge in [-0.2, -0.15) is 0 Å². The quantitative estimate of drug-likeness (QED) is 0.493. The number of urea groups is 1. The molecule has 0 aromatic carbocycles. The largest absolute Gasteiger partial charge is 0.480 e. The van der Waals surface area contributed by atoms with Crippen molar-refractivity contribution in [3.63, 3.8) is 0 Å². The Morgan fingerprint density at radius 2 is 2.15 bits per heavy atom. The van der Waals surface area contributed by atoms with Crippen molar-refractivity contribution in [2.75, 3.05) is 6.54 Å². The Hall–Kier alpha value is -2.09. The molecule has 0 saturated heterocycles. The number of hydrogen-bond acceptors (Lipinski definition) is 4. The van der Waals surface area contributed by atoms with Crippen LogP contribution >= 0.6 is 0 Å². The van der Waals surface area contributed by atoms with Crippen molar-refractivity contribution in [3.05, 3.63) is 18.7 Å². The minimum atomic E-state index is -1.30. The number of aromatic nitrogens is 2. The van der Waals surface area contributed by atoms with Crippen LogP contribution in [0.5, 0.6) is 0 Å². The maximum absolute atomic E-state index is 11.4. The average molecular weight is 284 g/mol. The number of hydrogen-bond donors (Lipinski definition) is 4. The van der Waals surface area contributed by atoms with E-state index in [0.717, 1.165) is 19.4 Å². The predicted molar refractivity (Wildman–Crippen MR) is 71.1 cm³/mol.